The number of hydrogen-bond donors (Lipinski definition) is 2. The highest BCUT2D eigenvalue weighted by atomic mass is 16.6. The molecule has 36 heavy (non-hydrogen) atoms. The number of anilines is 1. The zero-order chi connectivity index (χ0) is 26.2. The third-order valence-electron chi connectivity index (χ3n) is 5.09. The summed E-state index contributed by atoms with van der Waals surface area (Å²) < 4.78 is 15.6. The number of carbonyl (C=O) groups is 4. The quantitative estimate of drug-likeness (QED) is 0.433. The average Bonchev–Trinajstić information content (AvgIpc) is 2.85. The van der Waals surface area contributed by atoms with Gasteiger partial charge in [0.25, 0.3) is 5.91 Å². The van der Waals surface area contributed by atoms with Crippen molar-refractivity contribution in [3.05, 3.63) is 95.1 Å². The standard InChI is InChI=1S/C27H25NO8/c1-16-7-4-9-18(13-16)26(32)35-22(24(29)28-20-11-6-12-21(15-20)34-3)23(25(30)31)36-27(33)19-10-5-8-17(2)14-19/h4-15,22-23H,1-3H3,(H,28,29)(H,30,31)/t22-,23-/m0/s1. The van der Waals surface area contributed by atoms with Gasteiger partial charge in [-0.3, -0.25) is 4.79 Å². The molecule has 0 saturated heterocycles. The summed E-state index contributed by atoms with van der Waals surface area (Å²) in [4.78, 5) is 50.9. The van der Waals surface area contributed by atoms with Crippen molar-refractivity contribution in [2.75, 3.05) is 12.4 Å². The lowest BCUT2D eigenvalue weighted by molar-refractivity contribution is -0.157. The number of aryl methyl sites for hydroxylation is 2. The first kappa shape index (κ1) is 26.0. The number of aliphatic carboxylic acids is 1. The van der Waals surface area contributed by atoms with Crippen molar-refractivity contribution in [1.29, 1.82) is 0 Å². The Balaban J connectivity index is 1.93. The molecule has 2 atom stereocenters. The number of carboxylic acid groups (broad SMARTS) is 1. The molecule has 3 rings (SSSR count). The van der Waals surface area contributed by atoms with Crippen molar-refractivity contribution in [3.8, 4) is 5.75 Å². The molecule has 0 fully saturated rings. The number of carbonyl (C=O) groups excluding carboxylic acids is 3. The summed E-state index contributed by atoms with van der Waals surface area (Å²) in [5.74, 6) is -4.19. The number of ether oxygens (including phenoxy) is 3. The second-order valence-electron chi connectivity index (χ2n) is 7.95. The molecule has 0 heterocycles. The van der Waals surface area contributed by atoms with Crippen molar-refractivity contribution in [1.82, 2.24) is 0 Å². The maximum absolute atomic E-state index is 13.2. The van der Waals surface area contributed by atoms with E-state index in [4.69, 9.17) is 14.2 Å². The molecular formula is C27H25NO8. The van der Waals surface area contributed by atoms with E-state index in [1.807, 2.05) is 0 Å². The summed E-state index contributed by atoms with van der Waals surface area (Å²) in [6, 6.07) is 18.9. The predicted octanol–water partition coefficient (Wildman–Crippen LogP) is 3.79. The Kier molecular flexibility index (Phi) is 8.40. The van der Waals surface area contributed by atoms with Gasteiger partial charge in [-0.05, 0) is 50.2 Å². The molecule has 1 amide bonds. The maximum atomic E-state index is 13.2. The molecule has 0 aliphatic heterocycles. The average molecular weight is 491 g/mol. The molecular weight excluding hydrogens is 466 g/mol. The Morgan fingerprint density at radius 2 is 1.28 bits per heavy atom. The van der Waals surface area contributed by atoms with Crippen LogP contribution in [-0.4, -0.2) is 48.2 Å². The molecule has 0 bridgehead atoms. The second-order valence-corrected chi connectivity index (χ2v) is 7.95. The van der Waals surface area contributed by atoms with Crippen molar-refractivity contribution in [2.45, 2.75) is 26.1 Å². The lowest BCUT2D eigenvalue weighted by Gasteiger charge is -2.23. The van der Waals surface area contributed by atoms with E-state index in [-0.39, 0.29) is 16.8 Å². The van der Waals surface area contributed by atoms with Gasteiger partial charge in [-0.25, -0.2) is 14.4 Å². The van der Waals surface area contributed by atoms with Crippen molar-refractivity contribution >= 4 is 29.5 Å². The molecule has 0 spiro atoms. The number of nitrogens with one attached hydrogen (secondary N) is 1. The highest BCUT2D eigenvalue weighted by molar-refractivity contribution is 6.01. The molecule has 0 aliphatic rings. The Morgan fingerprint density at radius 1 is 0.750 bits per heavy atom. The predicted molar refractivity (Wildman–Crippen MR) is 130 cm³/mol. The van der Waals surface area contributed by atoms with Crippen LogP contribution < -0.4 is 10.1 Å². The van der Waals surface area contributed by atoms with Crippen LogP contribution in [0.15, 0.2) is 72.8 Å². The molecule has 0 saturated carbocycles. The van der Waals surface area contributed by atoms with Gasteiger partial charge < -0.3 is 24.6 Å². The summed E-state index contributed by atoms with van der Waals surface area (Å²) in [5, 5.41) is 12.3. The van der Waals surface area contributed by atoms with E-state index >= 15 is 0 Å². The summed E-state index contributed by atoms with van der Waals surface area (Å²) >= 11 is 0. The van der Waals surface area contributed by atoms with Gasteiger partial charge in [-0.15, -0.1) is 0 Å². The molecule has 0 radical (unpaired) electrons. The van der Waals surface area contributed by atoms with Crippen LogP contribution in [0.1, 0.15) is 31.8 Å². The molecule has 0 unspecified atom stereocenters. The third-order valence-corrected chi connectivity index (χ3v) is 5.09. The summed E-state index contributed by atoms with van der Waals surface area (Å²) in [6.45, 7) is 3.51. The van der Waals surface area contributed by atoms with E-state index < -0.39 is 36.0 Å². The number of esters is 2. The van der Waals surface area contributed by atoms with Crippen LogP contribution >= 0.6 is 0 Å². The number of benzene rings is 3. The first-order chi connectivity index (χ1) is 17.2. The molecule has 0 aromatic heterocycles. The van der Waals surface area contributed by atoms with Crippen molar-refractivity contribution in [2.24, 2.45) is 0 Å². The fourth-order valence-corrected chi connectivity index (χ4v) is 3.32. The van der Waals surface area contributed by atoms with Gasteiger partial charge in [0.1, 0.15) is 5.75 Å². The van der Waals surface area contributed by atoms with Crippen LogP contribution in [0.2, 0.25) is 0 Å². The van der Waals surface area contributed by atoms with Gasteiger partial charge in [0.2, 0.25) is 12.2 Å². The number of rotatable bonds is 9. The molecule has 2 N–H and O–H groups in total. The molecule has 3 aromatic rings. The fraction of sp³-hybridized carbons (Fsp3) is 0.185. The summed E-state index contributed by atoms with van der Waals surface area (Å²) in [5.41, 5.74) is 1.93. The highest BCUT2D eigenvalue weighted by Gasteiger charge is 2.41. The van der Waals surface area contributed by atoms with Gasteiger partial charge in [-0.1, -0.05) is 41.5 Å². The van der Waals surface area contributed by atoms with Gasteiger partial charge in [0.15, 0.2) is 0 Å². The zero-order valence-electron chi connectivity index (χ0n) is 19.9. The van der Waals surface area contributed by atoms with Crippen LogP contribution in [-0.2, 0) is 19.1 Å². The van der Waals surface area contributed by atoms with Crippen LogP contribution in [0.4, 0.5) is 5.69 Å². The minimum atomic E-state index is -2.13. The SMILES string of the molecule is COc1cccc(NC(=O)[C@@H](OC(=O)c2cccc(C)c2)[C@H](OC(=O)c2cccc(C)c2)C(=O)O)c1. The van der Waals surface area contributed by atoms with Crippen LogP contribution in [0, 0.1) is 13.8 Å². The molecule has 3 aromatic carbocycles. The minimum Gasteiger partial charge on any atom is -0.497 e. The van der Waals surface area contributed by atoms with Crippen LogP contribution in [0.3, 0.4) is 0 Å². The van der Waals surface area contributed by atoms with E-state index in [9.17, 15) is 24.3 Å². The Hall–Kier alpha value is -4.66. The van der Waals surface area contributed by atoms with Crippen LogP contribution in [0.5, 0.6) is 5.75 Å². The van der Waals surface area contributed by atoms with Crippen molar-refractivity contribution < 1.29 is 38.5 Å². The van der Waals surface area contributed by atoms with E-state index in [2.05, 4.69) is 5.32 Å². The first-order valence-corrected chi connectivity index (χ1v) is 10.9. The Labute approximate surface area is 207 Å². The number of hydrogen-bond acceptors (Lipinski definition) is 7. The number of methoxy groups -OCH3 is 1. The normalized spacial score (nSPS) is 12.1. The Bertz CT molecular complexity index is 1290. The lowest BCUT2D eigenvalue weighted by Crippen LogP contribution is -2.48. The highest BCUT2D eigenvalue weighted by Crippen LogP contribution is 2.20. The maximum Gasteiger partial charge on any atom is 0.349 e. The van der Waals surface area contributed by atoms with E-state index in [0.717, 1.165) is 11.1 Å². The first-order valence-electron chi connectivity index (χ1n) is 10.9. The zero-order valence-corrected chi connectivity index (χ0v) is 19.9. The third kappa shape index (κ3) is 6.69. The van der Waals surface area contributed by atoms with Crippen molar-refractivity contribution in [3.63, 3.8) is 0 Å². The molecule has 9 nitrogen and oxygen atoms in total. The van der Waals surface area contributed by atoms with Gasteiger partial charge in [-0.2, -0.15) is 0 Å². The minimum absolute atomic E-state index is 0.0817. The summed E-state index contributed by atoms with van der Waals surface area (Å²) in [7, 11) is 1.44. The van der Waals surface area contributed by atoms with Gasteiger partial charge in [0, 0.05) is 11.8 Å². The second kappa shape index (κ2) is 11.7. The van der Waals surface area contributed by atoms with Crippen LogP contribution in [0.25, 0.3) is 0 Å². The smallest absolute Gasteiger partial charge is 0.349 e. The topological polar surface area (TPSA) is 128 Å². The van der Waals surface area contributed by atoms with E-state index in [1.165, 1.54) is 43.5 Å². The van der Waals surface area contributed by atoms with E-state index in [0.29, 0.717) is 5.75 Å². The van der Waals surface area contributed by atoms with Gasteiger partial charge >= 0.3 is 17.9 Å². The lowest BCUT2D eigenvalue weighted by atomic mass is 10.1. The monoisotopic (exact) mass is 491 g/mol. The number of amides is 1. The molecule has 0 aliphatic carbocycles. The largest absolute Gasteiger partial charge is 0.497 e. The number of carboxylic acids is 1. The summed E-state index contributed by atoms with van der Waals surface area (Å²) in [6.07, 6.45) is -4.13. The molecule has 186 valence electrons. The Morgan fingerprint density at radius 3 is 1.78 bits per heavy atom. The fourth-order valence-electron chi connectivity index (χ4n) is 3.32. The van der Waals surface area contributed by atoms with E-state index in [1.54, 1.807) is 50.2 Å². The molecule has 9 heteroatoms. The van der Waals surface area contributed by atoms with Gasteiger partial charge in [0.05, 0.1) is 18.2 Å².